The van der Waals surface area contributed by atoms with Crippen molar-refractivity contribution in [3.63, 3.8) is 0 Å². The van der Waals surface area contributed by atoms with Gasteiger partial charge in [-0.15, -0.1) is 0 Å². The third-order valence-corrected chi connectivity index (χ3v) is 5.58. The molecular formula is C24H26N4O3. The third kappa shape index (κ3) is 4.99. The Kier molecular flexibility index (Phi) is 6.11. The monoisotopic (exact) mass is 418 g/mol. The number of para-hydroxylation sites is 1. The Bertz CT molecular complexity index is 1090. The van der Waals surface area contributed by atoms with E-state index in [4.69, 9.17) is 4.74 Å². The van der Waals surface area contributed by atoms with Gasteiger partial charge in [-0.3, -0.25) is 9.59 Å². The summed E-state index contributed by atoms with van der Waals surface area (Å²) in [5.74, 6) is 0.509. The minimum atomic E-state index is -0.146. The van der Waals surface area contributed by atoms with Crippen molar-refractivity contribution >= 4 is 22.8 Å². The molecule has 1 saturated heterocycles. The molecule has 1 N–H and O–H groups in total. The van der Waals surface area contributed by atoms with Gasteiger partial charge in [-0.25, -0.2) is 9.97 Å². The van der Waals surface area contributed by atoms with E-state index in [1.165, 1.54) is 0 Å². The lowest BCUT2D eigenvalue weighted by Crippen LogP contribution is -2.47. The van der Waals surface area contributed by atoms with Crippen LogP contribution in [0.1, 0.15) is 34.6 Å². The van der Waals surface area contributed by atoms with E-state index in [1.54, 1.807) is 0 Å². The van der Waals surface area contributed by atoms with E-state index in [-0.39, 0.29) is 24.5 Å². The van der Waals surface area contributed by atoms with E-state index in [0.29, 0.717) is 37.2 Å². The summed E-state index contributed by atoms with van der Waals surface area (Å²) in [4.78, 5) is 36.0. The van der Waals surface area contributed by atoms with E-state index < -0.39 is 0 Å². The largest absolute Gasteiger partial charge is 0.484 e. The number of ether oxygens (including phenoxy) is 1. The standard InChI is InChI=1S/C24H26N4O3/c1-16-17(2)26-22-14-18(8-9-21(22)25-16)24(30)28-12-10-19(11-13-28)27-23(29)15-31-20-6-4-3-5-7-20/h3-9,14,19H,10-13,15H2,1-2H3,(H,27,29). The molecule has 1 fully saturated rings. The van der Waals surface area contributed by atoms with E-state index in [1.807, 2.05) is 67.3 Å². The first kappa shape index (κ1) is 20.8. The van der Waals surface area contributed by atoms with Gasteiger partial charge in [-0.1, -0.05) is 18.2 Å². The number of aryl methyl sites for hydroxylation is 2. The molecule has 1 aliphatic rings. The van der Waals surface area contributed by atoms with Gasteiger partial charge in [0.05, 0.1) is 22.4 Å². The number of piperidine rings is 1. The molecule has 0 saturated carbocycles. The number of aromatic nitrogens is 2. The Morgan fingerprint density at radius 1 is 1.00 bits per heavy atom. The number of hydrogen-bond donors (Lipinski definition) is 1. The molecule has 0 spiro atoms. The van der Waals surface area contributed by atoms with E-state index in [0.717, 1.165) is 22.4 Å². The molecule has 7 heteroatoms. The number of hydrogen-bond acceptors (Lipinski definition) is 5. The Balaban J connectivity index is 1.30. The van der Waals surface area contributed by atoms with Crippen molar-refractivity contribution < 1.29 is 14.3 Å². The molecule has 4 rings (SSSR count). The number of fused-ring (bicyclic) bond motifs is 1. The SMILES string of the molecule is Cc1nc2ccc(C(=O)N3CCC(NC(=O)COc4ccccc4)CC3)cc2nc1C. The third-order valence-electron chi connectivity index (χ3n) is 5.58. The van der Waals surface area contributed by atoms with E-state index >= 15 is 0 Å². The van der Waals surface area contributed by atoms with Crippen molar-refractivity contribution in [1.29, 1.82) is 0 Å². The predicted molar refractivity (Wildman–Crippen MR) is 118 cm³/mol. The maximum absolute atomic E-state index is 13.0. The second-order valence-corrected chi connectivity index (χ2v) is 7.83. The van der Waals surface area contributed by atoms with E-state index in [2.05, 4.69) is 15.3 Å². The average molecular weight is 418 g/mol. The minimum absolute atomic E-state index is 0.0137. The van der Waals surface area contributed by atoms with Gasteiger partial charge in [0.25, 0.3) is 11.8 Å². The predicted octanol–water partition coefficient (Wildman–Crippen LogP) is 3.05. The topological polar surface area (TPSA) is 84.4 Å². The number of likely N-dealkylation sites (tertiary alicyclic amines) is 1. The first-order chi connectivity index (χ1) is 15.0. The zero-order valence-corrected chi connectivity index (χ0v) is 17.8. The summed E-state index contributed by atoms with van der Waals surface area (Å²) >= 11 is 0. The van der Waals surface area contributed by atoms with Crippen LogP contribution < -0.4 is 10.1 Å². The van der Waals surface area contributed by atoms with Crippen LogP contribution in [-0.4, -0.2) is 52.4 Å². The first-order valence-corrected chi connectivity index (χ1v) is 10.5. The lowest BCUT2D eigenvalue weighted by atomic mass is 10.0. The molecule has 2 amide bonds. The fourth-order valence-corrected chi connectivity index (χ4v) is 3.71. The van der Waals surface area contributed by atoms with Crippen LogP contribution in [-0.2, 0) is 4.79 Å². The van der Waals surface area contributed by atoms with Gasteiger partial charge in [0, 0.05) is 24.7 Å². The molecule has 1 aliphatic heterocycles. The molecule has 3 aromatic rings. The normalized spacial score (nSPS) is 14.5. The summed E-state index contributed by atoms with van der Waals surface area (Å²) in [6.45, 7) is 5.03. The molecule has 0 atom stereocenters. The quantitative estimate of drug-likeness (QED) is 0.688. The van der Waals surface area contributed by atoms with Crippen LogP contribution in [0.25, 0.3) is 11.0 Å². The van der Waals surface area contributed by atoms with Gasteiger partial charge in [0.2, 0.25) is 0 Å². The second-order valence-electron chi connectivity index (χ2n) is 7.83. The van der Waals surface area contributed by atoms with Crippen molar-refractivity contribution in [3.8, 4) is 5.75 Å². The second kappa shape index (κ2) is 9.12. The van der Waals surface area contributed by atoms with Gasteiger partial charge in [0.15, 0.2) is 6.61 Å². The minimum Gasteiger partial charge on any atom is -0.484 e. The lowest BCUT2D eigenvalue weighted by Gasteiger charge is -2.32. The highest BCUT2D eigenvalue weighted by molar-refractivity contribution is 5.97. The van der Waals surface area contributed by atoms with Crippen LogP contribution in [0.15, 0.2) is 48.5 Å². The molecule has 2 aromatic carbocycles. The summed E-state index contributed by atoms with van der Waals surface area (Å²) in [6, 6.07) is 14.8. The van der Waals surface area contributed by atoms with Crippen molar-refractivity contribution in [2.24, 2.45) is 0 Å². The first-order valence-electron chi connectivity index (χ1n) is 10.5. The van der Waals surface area contributed by atoms with Crippen molar-refractivity contribution in [3.05, 3.63) is 65.5 Å². The molecule has 7 nitrogen and oxygen atoms in total. The number of carbonyl (C=O) groups is 2. The van der Waals surface area contributed by atoms with Gasteiger partial charge in [-0.05, 0) is 57.0 Å². The highest BCUT2D eigenvalue weighted by Gasteiger charge is 2.25. The van der Waals surface area contributed by atoms with Crippen LogP contribution in [0.3, 0.4) is 0 Å². The molecule has 31 heavy (non-hydrogen) atoms. The summed E-state index contributed by atoms with van der Waals surface area (Å²) in [5.41, 5.74) is 3.90. The van der Waals surface area contributed by atoms with Gasteiger partial charge >= 0.3 is 0 Å². The zero-order chi connectivity index (χ0) is 21.8. The van der Waals surface area contributed by atoms with E-state index in [9.17, 15) is 9.59 Å². The van der Waals surface area contributed by atoms with Crippen LogP contribution >= 0.6 is 0 Å². The van der Waals surface area contributed by atoms with Crippen molar-refractivity contribution in [2.75, 3.05) is 19.7 Å². The molecule has 0 unspecified atom stereocenters. The number of nitrogens with one attached hydrogen (secondary N) is 1. The Labute approximate surface area is 181 Å². The van der Waals surface area contributed by atoms with Crippen molar-refractivity contribution in [1.82, 2.24) is 20.2 Å². The molecule has 0 aliphatic carbocycles. The van der Waals surface area contributed by atoms with Crippen LogP contribution in [0, 0.1) is 13.8 Å². The number of amides is 2. The summed E-state index contributed by atoms with van der Waals surface area (Å²) < 4.78 is 5.49. The van der Waals surface area contributed by atoms with Gasteiger partial charge < -0.3 is 15.0 Å². The maximum Gasteiger partial charge on any atom is 0.258 e. The fraction of sp³-hybridized carbons (Fsp3) is 0.333. The molecule has 2 heterocycles. The summed E-state index contributed by atoms with van der Waals surface area (Å²) in [6.07, 6.45) is 1.43. The Morgan fingerprint density at radius 2 is 1.68 bits per heavy atom. The molecule has 0 radical (unpaired) electrons. The molecule has 1 aromatic heterocycles. The molecular weight excluding hydrogens is 392 g/mol. The summed E-state index contributed by atoms with van der Waals surface area (Å²) in [5, 5.41) is 3.00. The van der Waals surface area contributed by atoms with Gasteiger partial charge in [-0.2, -0.15) is 0 Å². The average Bonchev–Trinajstić information content (AvgIpc) is 2.79. The zero-order valence-electron chi connectivity index (χ0n) is 17.8. The Hall–Kier alpha value is -3.48. The Morgan fingerprint density at radius 3 is 2.39 bits per heavy atom. The number of rotatable bonds is 5. The molecule has 160 valence electrons. The number of carbonyl (C=O) groups excluding carboxylic acids is 2. The van der Waals surface area contributed by atoms with Crippen LogP contribution in [0.5, 0.6) is 5.75 Å². The van der Waals surface area contributed by atoms with Crippen LogP contribution in [0.2, 0.25) is 0 Å². The number of benzene rings is 2. The lowest BCUT2D eigenvalue weighted by molar-refractivity contribution is -0.124. The molecule has 0 bridgehead atoms. The smallest absolute Gasteiger partial charge is 0.258 e. The number of nitrogens with zero attached hydrogens (tertiary/aromatic N) is 3. The van der Waals surface area contributed by atoms with Crippen LogP contribution in [0.4, 0.5) is 0 Å². The maximum atomic E-state index is 13.0. The van der Waals surface area contributed by atoms with Crippen molar-refractivity contribution in [2.45, 2.75) is 32.7 Å². The fourth-order valence-electron chi connectivity index (χ4n) is 3.71. The summed E-state index contributed by atoms with van der Waals surface area (Å²) in [7, 11) is 0. The highest BCUT2D eigenvalue weighted by atomic mass is 16.5. The highest BCUT2D eigenvalue weighted by Crippen LogP contribution is 2.18. The van der Waals surface area contributed by atoms with Gasteiger partial charge in [0.1, 0.15) is 5.75 Å².